The maximum Gasteiger partial charge on any atom is 0.325 e. The summed E-state index contributed by atoms with van der Waals surface area (Å²) in [5.74, 6) is 0.862. The lowest BCUT2D eigenvalue weighted by molar-refractivity contribution is -0.385. The minimum Gasteiger partial charge on any atom is -0.454 e. The van der Waals surface area contributed by atoms with E-state index in [9.17, 15) is 19.7 Å². The molecule has 150 valence electrons. The fourth-order valence-electron chi connectivity index (χ4n) is 3.68. The second-order valence-electron chi connectivity index (χ2n) is 7.34. The minimum atomic E-state index is -1.13. The fourth-order valence-corrected chi connectivity index (χ4v) is 3.68. The molecular weight excluding hydrogens is 378 g/mol. The smallest absolute Gasteiger partial charge is 0.325 e. The van der Waals surface area contributed by atoms with E-state index in [0.717, 1.165) is 10.5 Å². The van der Waals surface area contributed by atoms with E-state index in [2.05, 4.69) is 5.32 Å². The number of carbonyl (C=O) groups excluding carboxylic acids is 2. The number of carbonyl (C=O) groups is 2. The molecule has 29 heavy (non-hydrogen) atoms. The van der Waals surface area contributed by atoms with Crippen molar-refractivity contribution in [3.8, 4) is 11.5 Å². The van der Waals surface area contributed by atoms with Gasteiger partial charge in [-0.25, -0.2) is 4.79 Å². The van der Waals surface area contributed by atoms with Gasteiger partial charge in [0.25, 0.3) is 11.6 Å². The lowest BCUT2D eigenvalue weighted by Gasteiger charge is -2.22. The third-order valence-electron chi connectivity index (χ3n) is 5.28. The molecule has 3 amide bonds. The van der Waals surface area contributed by atoms with Gasteiger partial charge in [0.1, 0.15) is 5.54 Å². The summed E-state index contributed by atoms with van der Waals surface area (Å²) in [5.41, 5.74) is 0.633. The molecule has 2 heterocycles. The Kier molecular flexibility index (Phi) is 4.37. The van der Waals surface area contributed by atoms with Crippen LogP contribution in [0.4, 0.5) is 10.5 Å². The molecule has 0 spiro atoms. The first-order valence-electron chi connectivity index (χ1n) is 9.04. The highest BCUT2D eigenvalue weighted by Gasteiger charge is 2.47. The van der Waals surface area contributed by atoms with Crippen molar-refractivity contribution in [2.75, 3.05) is 6.79 Å². The van der Waals surface area contributed by atoms with Gasteiger partial charge < -0.3 is 14.8 Å². The topological polar surface area (TPSA) is 111 Å². The number of rotatable bonds is 5. The van der Waals surface area contributed by atoms with Crippen molar-refractivity contribution < 1.29 is 24.0 Å². The summed E-state index contributed by atoms with van der Waals surface area (Å²) >= 11 is 0. The Morgan fingerprint density at radius 2 is 1.97 bits per heavy atom. The summed E-state index contributed by atoms with van der Waals surface area (Å²) in [4.78, 5) is 37.4. The zero-order chi connectivity index (χ0) is 20.8. The number of nitro groups is 1. The molecule has 1 saturated heterocycles. The van der Waals surface area contributed by atoms with Crippen molar-refractivity contribution in [3.05, 3.63) is 63.2 Å². The summed E-state index contributed by atoms with van der Waals surface area (Å²) in [6.45, 7) is 3.40. The van der Waals surface area contributed by atoms with E-state index < -0.39 is 16.5 Å². The maximum absolute atomic E-state index is 13.1. The van der Waals surface area contributed by atoms with Crippen LogP contribution < -0.4 is 14.8 Å². The van der Waals surface area contributed by atoms with Crippen LogP contribution in [0.25, 0.3) is 0 Å². The summed E-state index contributed by atoms with van der Waals surface area (Å²) in [7, 11) is 0. The Morgan fingerprint density at radius 1 is 1.21 bits per heavy atom. The molecule has 1 fully saturated rings. The van der Waals surface area contributed by atoms with Crippen molar-refractivity contribution in [2.45, 2.75) is 32.4 Å². The molecule has 2 aliphatic rings. The molecule has 2 aliphatic heterocycles. The van der Waals surface area contributed by atoms with E-state index in [1.54, 1.807) is 38.1 Å². The number of imide groups is 1. The van der Waals surface area contributed by atoms with Crippen LogP contribution >= 0.6 is 0 Å². The predicted molar refractivity (Wildman–Crippen MR) is 102 cm³/mol. The number of hydrogen-bond acceptors (Lipinski definition) is 6. The molecule has 0 radical (unpaired) electrons. The van der Waals surface area contributed by atoms with Crippen LogP contribution in [0.1, 0.15) is 23.6 Å². The number of fused-ring (bicyclic) bond motifs is 1. The average molecular weight is 397 g/mol. The molecule has 2 aromatic carbocycles. The first kappa shape index (κ1) is 18.7. The molecule has 0 saturated carbocycles. The van der Waals surface area contributed by atoms with Gasteiger partial charge in [0.15, 0.2) is 11.5 Å². The lowest BCUT2D eigenvalue weighted by Crippen LogP contribution is -2.45. The zero-order valence-corrected chi connectivity index (χ0v) is 15.9. The molecular formula is C20H19N3O6. The molecule has 9 nitrogen and oxygen atoms in total. The van der Waals surface area contributed by atoms with Gasteiger partial charge in [-0.05, 0) is 37.1 Å². The van der Waals surface area contributed by atoms with Crippen LogP contribution in [0.15, 0.2) is 36.4 Å². The molecule has 0 bridgehead atoms. The van der Waals surface area contributed by atoms with Crippen LogP contribution in [-0.2, 0) is 17.8 Å². The first-order valence-corrected chi connectivity index (χ1v) is 9.04. The van der Waals surface area contributed by atoms with Crippen LogP contribution in [0, 0.1) is 17.0 Å². The minimum absolute atomic E-state index is 0.0328. The van der Waals surface area contributed by atoms with Crippen LogP contribution in [0.3, 0.4) is 0 Å². The summed E-state index contributed by atoms with van der Waals surface area (Å²) < 4.78 is 10.7. The van der Waals surface area contributed by atoms with Crippen LogP contribution in [0.5, 0.6) is 11.5 Å². The number of benzene rings is 2. The van der Waals surface area contributed by atoms with Crippen LogP contribution in [0.2, 0.25) is 0 Å². The monoisotopic (exact) mass is 397 g/mol. The number of ether oxygens (including phenoxy) is 2. The van der Waals surface area contributed by atoms with Gasteiger partial charge in [0.05, 0.1) is 11.5 Å². The summed E-state index contributed by atoms with van der Waals surface area (Å²) in [6, 6.07) is 9.48. The second-order valence-corrected chi connectivity index (χ2v) is 7.34. The highest BCUT2D eigenvalue weighted by molar-refractivity contribution is 6.06. The van der Waals surface area contributed by atoms with Crippen molar-refractivity contribution in [1.29, 1.82) is 0 Å². The number of nitro benzene ring substituents is 1. The van der Waals surface area contributed by atoms with Crippen LogP contribution in [-0.4, -0.2) is 34.1 Å². The zero-order valence-electron chi connectivity index (χ0n) is 15.9. The molecule has 0 aliphatic carbocycles. The predicted octanol–water partition coefficient (Wildman–Crippen LogP) is 2.69. The molecule has 2 aromatic rings. The van der Waals surface area contributed by atoms with E-state index in [0.29, 0.717) is 22.6 Å². The Morgan fingerprint density at radius 3 is 2.72 bits per heavy atom. The summed E-state index contributed by atoms with van der Waals surface area (Å²) in [5, 5.41) is 13.9. The summed E-state index contributed by atoms with van der Waals surface area (Å²) in [6.07, 6.45) is 0.276. The van der Waals surface area contributed by atoms with Crippen molar-refractivity contribution in [3.63, 3.8) is 0 Å². The Hall–Kier alpha value is -3.62. The van der Waals surface area contributed by atoms with Gasteiger partial charge in [-0.1, -0.05) is 18.2 Å². The van der Waals surface area contributed by atoms with E-state index in [1.165, 1.54) is 6.07 Å². The maximum atomic E-state index is 13.1. The first-order chi connectivity index (χ1) is 13.8. The third kappa shape index (κ3) is 3.24. The van der Waals surface area contributed by atoms with E-state index in [1.807, 2.05) is 6.07 Å². The second kappa shape index (κ2) is 6.77. The lowest BCUT2D eigenvalue weighted by atomic mass is 9.92. The van der Waals surface area contributed by atoms with E-state index >= 15 is 0 Å². The standard InChI is InChI=1S/C20H19N3O6/c1-12-14(4-3-5-15(12)23(26)27)10-22-18(24)20(2,21-19(22)25)9-13-6-7-16-17(8-13)29-11-28-16/h3-8H,9-11H2,1-2H3,(H,21,25)/t20-/m1/s1. The molecule has 0 aromatic heterocycles. The number of nitrogens with zero attached hydrogens (tertiary/aromatic N) is 2. The highest BCUT2D eigenvalue weighted by Crippen LogP contribution is 2.34. The van der Waals surface area contributed by atoms with Gasteiger partial charge >= 0.3 is 6.03 Å². The number of hydrogen-bond donors (Lipinski definition) is 1. The van der Waals surface area contributed by atoms with Gasteiger partial charge in [0.2, 0.25) is 6.79 Å². The molecule has 4 rings (SSSR count). The van der Waals surface area contributed by atoms with Crippen molar-refractivity contribution >= 4 is 17.6 Å². The number of urea groups is 1. The van der Waals surface area contributed by atoms with Crippen molar-refractivity contribution in [1.82, 2.24) is 10.2 Å². The quantitative estimate of drug-likeness (QED) is 0.472. The Balaban J connectivity index is 1.56. The Bertz CT molecular complexity index is 1040. The van der Waals surface area contributed by atoms with Gasteiger partial charge in [-0.3, -0.25) is 19.8 Å². The van der Waals surface area contributed by atoms with E-state index in [4.69, 9.17) is 9.47 Å². The SMILES string of the molecule is Cc1c(CN2C(=O)N[C@](C)(Cc3ccc4c(c3)OCO4)C2=O)cccc1[N+](=O)[O-]. The molecule has 0 unspecified atom stereocenters. The van der Waals surface area contributed by atoms with Crippen molar-refractivity contribution in [2.24, 2.45) is 0 Å². The van der Waals surface area contributed by atoms with Gasteiger partial charge in [0, 0.05) is 18.1 Å². The van der Waals surface area contributed by atoms with Gasteiger partial charge in [-0.2, -0.15) is 0 Å². The molecule has 1 N–H and O–H groups in total. The Labute approximate surface area is 166 Å². The number of amides is 3. The fraction of sp³-hybridized carbons (Fsp3) is 0.300. The highest BCUT2D eigenvalue weighted by atomic mass is 16.7. The largest absolute Gasteiger partial charge is 0.454 e. The average Bonchev–Trinajstić information content (AvgIpc) is 3.21. The molecule has 1 atom stereocenters. The van der Waals surface area contributed by atoms with E-state index in [-0.39, 0.29) is 31.4 Å². The third-order valence-corrected chi connectivity index (χ3v) is 5.28. The van der Waals surface area contributed by atoms with Gasteiger partial charge in [-0.15, -0.1) is 0 Å². The molecule has 9 heteroatoms. The normalized spacial score (nSPS) is 20.1. The number of nitrogens with one attached hydrogen (secondary N) is 1.